The van der Waals surface area contributed by atoms with Gasteiger partial charge in [0.25, 0.3) is 5.56 Å². The van der Waals surface area contributed by atoms with Crippen LogP contribution in [0.3, 0.4) is 0 Å². The van der Waals surface area contributed by atoms with Gasteiger partial charge in [0.1, 0.15) is 0 Å². The number of pyridine rings is 2. The van der Waals surface area contributed by atoms with Gasteiger partial charge in [-0.2, -0.15) is 5.10 Å². The Hall–Kier alpha value is -3.19. The van der Waals surface area contributed by atoms with Crippen molar-refractivity contribution in [3.05, 3.63) is 52.1 Å². The molecular formula is C23H24N4O3. The molecule has 1 atom stereocenters. The Morgan fingerprint density at radius 3 is 2.90 bits per heavy atom. The van der Waals surface area contributed by atoms with Gasteiger partial charge >= 0.3 is 0 Å². The molecule has 0 radical (unpaired) electrons. The van der Waals surface area contributed by atoms with Crippen molar-refractivity contribution in [2.45, 2.75) is 32.7 Å². The number of aryl methyl sites for hydroxylation is 1. The second kappa shape index (κ2) is 7.25. The summed E-state index contributed by atoms with van der Waals surface area (Å²) in [5, 5.41) is 6.12. The van der Waals surface area contributed by atoms with Crippen molar-refractivity contribution in [1.82, 2.24) is 19.7 Å². The highest BCUT2D eigenvalue weighted by Crippen LogP contribution is 2.35. The number of ether oxygens (including phenoxy) is 2. The second-order valence-corrected chi connectivity index (χ2v) is 7.74. The van der Waals surface area contributed by atoms with Crippen molar-refractivity contribution in [1.29, 1.82) is 0 Å². The van der Waals surface area contributed by atoms with Gasteiger partial charge in [0.2, 0.25) is 5.88 Å². The van der Waals surface area contributed by atoms with Gasteiger partial charge in [-0.25, -0.2) is 4.98 Å². The van der Waals surface area contributed by atoms with E-state index >= 15 is 0 Å². The summed E-state index contributed by atoms with van der Waals surface area (Å²) in [5.41, 5.74) is 5.81. The van der Waals surface area contributed by atoms with Crippen LogP contribution in [0.2, 0.25) is 0 Å². The lowest BCUT2D eigenvalue weighted by molar-refractivity contribution is 0.185. The number of nitrogens with zero attached hydrogens (tertiary/aromatic N) is 3. The van der Waals surface area contributed by atoms with Crippen molar-refractivity contribution in [3.63, 3.8) is 0 Å². The lowest BCUT2D eigenvalue weighted by Gasteiger charge is -2.16. The molecule has 0 bridgehead atoms. The van der Waals surface area contributed by atoms with E-state index in [4.69, 9.17) is 9.47 Å². The number of rotatable bonds is 4. The topological polar surface area (TPSA) is 82.0 Å². The molecule has 0 spiro atoms. The van der Waals surface area contributed by atoms with Crippen molar-refractivity contribution in [2.24, 2.45) is 0 Å². The fourth-order valence-corrected chi connectivity index (χ4v) is 4.54. The van der Waals surface area contributed by atoms with Crippen LogP contribution in [0, 0.1) is 6.92 Å². The van der Waals surface area contributed by atoms with Gasteiger partial charge in [-0.15, -0.1) is 0 Å². The molecule has 0 amide bonds. The Morgan fingerprint density at radius 1 is 1.30 bits per heavy atom. The molecule has 1 aliphatic heterocycles. The fraction of sp³-hybridized carbons (Fsp3) is 0.348. The molecule has 1 aliphatic rings. The van der Waals surface area contributed by atoms with E-state index in [0.29, 0.717) is 17.9 Å². The highest BCUT2D eigenvalue weighted by atomic mass is 16.5. The van der Waals surface area contributed by atoms with Crippen molar-refractivity contribution < 1.29 is 9.47 Å². The Kier molecular flexibility index (Phi) is 4.55. The largest absolute Gasteiger partial charge is 0.481 e. The second-order valence-electron chi connectivity index (χ2n) is 7.74. The van der Waals surface area contributed by atoms with Crippen molar-refractivity contribution >= 4 is 21.8 Å². The van der Waals surface area contributed by atoms with Crippen LogP contribution >= 0.6 is 0 Å². The van der Waals surface area contributed by atoms with Crippen LogP contribution in [0.25, 0.3) is 32.9 Å². The molecule has 1 saturated heterocycles. The quantitative estimate of drug-likeness (QED) is 0.560. The molecule has 7 nitrogen and oxygen atoms in total. The summed E-state index contributed by atoms with van der Waals surface area (Å²) < 4.78 is 13.0. The first-order valence-electron chi connectivity index (χ1n) is 10.3. The van der Waals surface area contributed by atoms with Gasteiger partial charge < -0.3 is 14.5 Å². The van der Waals surface area contributed by atoms with Gasteiger partial charge in [0.05, 0.1) is 42.4 Å². The number of aromatic nitrogens is 4. The van der Waals surface area contributed by atoms with Crippen molar-refractivity contribution in [2.75, 3.05) is 20.3 Å². The Labute approximate surface area is 173 Å². The molecule has 0 aliphatic carbocycles. The van der Waals surface area contributed by atoms with E-state index in [1.165, 1.54) is 0 Å². The molecule has 4 aromatic rings. The van der Waals surface area contributed by atoms with E-state index in [0.717, 1.165) is 58.1 Å². The first-order valence-corrected chi connectivity index (χ1v) is 10.3. The molecular weight excluding hydrogens is 380 g/mol. The number of hydrogen-bond acceptors (Lipinski definition) is 5. The summed E-state index contributed by atoms with van der Waals surface area (Å²) in [6.45, 7) is 5.49. The van der Waals surface area contributed by atoms with E-state index in [2.05, 4.69) is 34.1 Å². The average molecular weight is 404 g/mol. The first kappa shape index (κ1) is 18.8. The zero-order valence-corrected chi connectivity index (χ0v) is 17.4. The first-order chi connectivity index (χ1) is 14.6. The van der Waals surface area contributed by atoms with Crippen molar-refractivity contribution in [3.8, 4) is 17.0 Å². The maximum atomic E-state index is 12.8. The maximum absolute atomic E-state index is 12.8. The van der Waals surface area contributed by atoms with E-state index in [9.17, 15) is 4.79 Å². The van der Waals surface area contributed by atoms with Gasteiger partial charge in [-0.05, 0) is 42.5 Å². The molecule has 0 saturated carbocycles. The summed E-state index contributed by atoms with van der Waals surface area (Å²) in [5.74, 6) is 0.640. The lowest BCUT2D eigenvalue weighted by atomic mass is 9.94. The molecule has 1 N–H and O–H groups in total. The third-order valence-electron chi connectivity index (χ3n) is 5.98. The minimum atomic E-state index is -0.125. The van der Waals surface area contributed by atoms with Crippen LogP contribution in [0.5, 0.6) is 5.88 Å². The molecule has 3 aromatic heterocycles. The maximum Gasteiger partial charge on any atom is 0.259 e. The summed E-state index contributed by atoms with van der Waals surface area (Å²) in [7, 11) is 1.64. The van der Waals surface area contributed by atoms with Crippen LogP contribution in [0.1, 0.15) is 30.5 Å². The van der Waals surface area contributed by atoms with Gasteiger partial charge in [-0.1, -0.05) is 19.1 Å². The van der Waals surface area contributed by atoms with Crippen LogP contribution in [-0.4, -0.2) is 40.1 Å². The molecule has 5 rings (SSSR count). The third kappa shape index (κ3) is 2.81. The smallest absolute Gasteiger partial charge is 0.259 e. The Balaban J connectivity index is 1.76. The fourth-order valence-electron chi connectivity index (χ4n) is 4.54. The normalized spacial score (nSPS) is 16.6. The number of nitrogens with one attached hydrogen (secondary N) is 1. The summed E-state index contributed by atoms with van der Waals surface area (Å²) in [6.07, 6.45) is 5.19. The molecule has 154 valence electrons. The molecule has 1 aromatic carbocycles. The number of H-pyrrole nitrogens is 1. The zero-order valence-electron chi connectivity index (χ0n) is 17.4. The molecule has 4 heterocycles. The zero-order chi connectivity index (χ0) is 20.8. The minimum absolute atomic E-state index is 0.125. The number of aromatic amines is 1. The van der Waals surface area contributed by atoms with Gasteiger partial charge in [-0.3, -0.25) is 9.48 Å². The number of benzene rings is 1. The van der Waals surface area contributed by atoms with E-state index < -0.39 is 0 Å². The van der Waals surface area contributed by atoms with Gasteiger partial charge in [0.15, 0.2) is 0 Å². The van der Waals surface area contributed by atoms with Crippen LogP contribution in [-0.2, 0) is 11.2 Å². The SMILES string of the molecule is CCc1c(OC)ncc(C)c1-c1ccc2c(c1)[nH]c(=O)c1cnn([C@H]3CCOC3)c12. The van der Waals surface area contributed by atoms with E-state index in [-0.39, 0.29) is 11.6 Å². The van der Waals surface area contributed by atoms with E-state index in [1.807, 2.05) is 23.9 Å². The number of hydrogen-bond donors (Lipinski definition) is 1. The van der Waals surface area contributed by atoms with Crippen LogP contribution in [0.4, 0.5) is 0 Å². The molecule has 7 heteroatoms. The van der Waals surface area contributed by atoms with Crippen LogP contribution < -0.4 is 10.3 Å². The molecule has 30 heavy (non-hydrogen) atoms. The predicted octanol–water partition coefficient (Wildman–Crippen LogP) is 3.78. The minimum Gasteiger partial charge on any atom is -0.481 e. The predicted molar refractivity (Wildman–Crippen MR) is 116 cm³/mol. The Morgan fingerprint density at radius 2 is 2.17 bits per heavy atom. The highest BCUT2D eigenvalue weighted by molar-refractivity contribution is 6.04. The van der Waals surface area contributed by atoms with E-state index in [1.54, 1.807) is 13.3 Å². The third-order valence-corrected chi connectivity index (χ3v) is 5.98. The molecule has 1 fully saturated rings. The van der Waals surface area contributed by atoms with Crippen LogP contribution in [0.15, 0.2) is 35.4 Å². The van der Waals surface area contributed by atoms with Gasteiger partial charge in [0, 0.05) is 23.8 Å². The summed E-state index contributed by atoms with van der Waals surface area (Å²) >= 11 is 0. The summed E-state index contributed by atoms with van der Waals surface area (Å²) in [6, 6.07) is 6.37. The standard InChI is InChI=1S/C23H24N4O3/c1-4-16-20(13(2)10-24-23(16)29-3)14-5-6-17-19(9-14)26-22(28)18-11-25-27(21(17)18)15-7-8-30-12-15/h5-6,9-11,15H,4,7-8,12H2,1-3H3,(H,26,28)/t15-/m0/s1. The molecule has 0 unspecified atom stereocenters. The number of methoxy groups -OCH3 is 1. The highest BCUT2D eigenvalue weighted by Gasteiger charge is 2.23. The summed E-state index contributed by atoms with van der Waals surface area (Å²) in [4.78, 5) is 20.3. The lowest BCUT2D eigenvalue weighted by Crippen LogP contribution is -2.12. The number of fused-ring (bicyclic) bond motifs is 3. The monoisotopic (exact) mass is 404 g/mol. The Bertz CT molecular complexity index is 1320. The average Bonchev–Trinajstić information content (AvgIpc) is 3.43.